The monoisotopic (exact) mass is 238 g/mol. The van der Waals surface area contributed by atoms with Gasteiger partial charge in [-0.15, -0.1) is 0 Å². The molecule has 0 unspecified atom stereocenters. The average Bonchev–Trinajstić information content (AvgIpc) is 2.34. The highest BCUT2D eigenvalue weighted by atomic mass is 16.5. The first-order valence-electron chi connectivity index (χ1n) is 5.82. The smallest absolute Gasteiger partial charge is 0.0589 e. The van der Waals surface area contributed by atoms with Gasteiger partial charge in [0, 0.05) is 32.4 Å². The number of ether oxygens (including phenoxy) is 1. The molecule has 1 heterocycles. The lowest BCUT2D eigenvalue weighted by molar-refractivity contribution is 0.124. The summed E-state index contributed by atoms with van der Waals surface area (Å²) in [5.74, 6) is 5.38. The van der Waals surface area contributed by atoms with E-state index in [-0.39, 0.29) is 0 Å². The zero-order valence-corrected chi connectivity index (χ0v) is 10.8. The third-order valence-corrected chi connectivity index (χ3v) is 2.66. The molecule has 0 saturated carbocycles. The van der Waals surface area contributed by atoms with Crippen LogP contribution in [0, 0.1) is 0 Å². The third kappa shape index (κ3) is 4.68. The van der Waals surface area contributed by atoms with Gasteiger partial charge >= 0.3 is 0 Å². The van der Waals surface area contributed by atoms with Gasteiger partial charge in [0.25, 0.3) is 0 Å². The van der Waals surface area contributed by atoms with Crippen molar-refractivity contribution >= 4 is 5.69 Å². The van der Waals surface area contributed by atoms with E-state index < -0.39 is 0 Å². The van der Waals surface area contributed by atoms with Crippen molar-refractivity contribution in [3.8, 4) is 0 Å². The van der Waals surface area contributed by atoms with E-state index in [0.717, 1.165) is 31.1 Å². The average molecular weight is 238 g/mol. The molecule has 0 aliphatic heterocycles. The van der Waals surface area contributed by atoms with Gasteiger partial charge in [-0.05, 0) is 26.0 Å². The van der Waals surface area contributed by atoms with Crippen LogP contribution in [0.1, 0.15) is 19.5 Å². The van der Waals surface area contributed by atoms with E-state index in [2.05, 4.69) is 29.2 Å². The maximum Gasteiger partial charge on any atom is 0.0589 e. The summed E-state index contributed by atoms with van der Waals surface area (Å²) in [7, 11) is 1.72. The zero-order chi connectivity index (χ0) is 12.7. The highest BCUT2D eigenvalue weighted by Crippen LogP contribution is 2.10. The van der Waals surface area contributed by atoms with Gasteiger partial charge in [-0.2, -0.15) is 0 Å². The fraction of sp³-hybridized carbons (Fsp3) is 0.583. The Kier molecular flexibility index (Phi) is 5.90. The molecule has 0 aliphatic carbocycles. The van der Waals surface area contributed by atoms with Crippen molar-refractivity contribution in [3.63, 3.8) is 0 Å². The van der Waals surface area contributed by atoms with Gasteiger partial charge in [-0.25, -0.2) is 0 Å². The van der Waals surface area contributed by atoms with Crippen LogP contribution in [0.3, 0.4) is 0 Å². The Bertz CT molecular complexity index is 330. The number of nitrogens with two attached hydrogens (primary N) is 1. The molecule has 3 N–H and O–H groups in total. The number of nitrogens with one attached hydrogen (secondary N) is 1. The predicted octanol–water partition coefficient (Wildman–Crippen LogP) is 1.22. The number of hydrazine groups is 1. The summed E-state index contributed by atoms with van der Waals surface area (Å²) in [5, 5.41) is 0. The predicted molar refractivity (Wildman–Crippen MR) is 69.5 cm³/mol. The van der Waals surface area contributed by atoms with Crippen molar-refractivity contribution < 1.29 is 4.74 Å². The van der Waals surface area contributed by atoms with Crippen LogP contribution in [0.2, 0.25) is 0 Å². The van der Waals surface area contributed by atoms with Gasteiger partial charge in [0.1, 0.15) is 0 Å². The summed E-state index contributed by atoms with van der Waals surface area (Å²) in [6, 6.07) is 4.27. The quantitative estimate of drug-likeness (QED) is 0.552. The minimum absolute atomic E-state index is 0.460. The minimum atomic E-state index is 0.460. The Morgan fingerprint density at radius 2 is 2.29 bits per heavy atom. The van der Waals surface area contributed by atoms with Crippen LogP contribution in [0.5, 0.6) is 0 Å². The highest BCUT2D eigenvalue weighted by molar-refractivity contribution is 5.41. The first kappa shape index (κ1) is 13.9. The SMILES string of the molecule is COCCN(Cc1cc(NN)ccn1)C(C)C. The molecule has 1 rings (SSSR count). The van der Waals surface area contributed by atoms with Gasteiger partial charge in [0.05, 0.1) is 18.0 Å². The molecule has 0 fully saturated rings. The van der Waals surface area contributed by atoms with Crippen LogP contribution < -0.4 is 11.3 Å². The normalized spacial score (nSPS) is 11.2. The van der Waals surface area contributed by atoms with E-state index >= 15 is 0 Å². The van der Waals surface area contributed by atoms with E-state index in [0.29, 0.717) is 6.04 Å². The first-order valence-corrected chi connectivity index (χ1v) is 5.82. The van der Waals surface area contributed by atoms with Gasteiger partial charge in [0.2, 0.25) is 0 Å². The first-order chi connectivity index (χ1) is 8.17. The molecule has 0 radical (unpaired) electrons. The van der Waals surface area contributed by atoms with E-state index in [1.54, 1.807) is 13.3 Å². The summed E-state index contributed by atoms with van der Waals surface area (Å²) in [4.78, 5) is 6.65. The maximum atomic E-state index is 5.38. The number of rotatable bonds is 7. The summed E-state index contributed by atoms with van der Waals surface area (Å²) >= 11 is 0. The number of pyridine rings is 1. The van der Waals surface area contributed by atoms with Crippen LogP contribution in [-0.2, 0) is 11.3 Å². The van der Waals surface area contributed by atoms with Crippen LogP contribution in [0.15, 0.2) is 18.3 Å². The molecule has 96 valence electrons. The molecule has 0 saturated heterocycles. The second-order valence-electron chi connectivity index (χ2n) is 4.24. The highest BCUT2D eigenvalue weighted by Gasteiger charge is 2.10. The Balaban J connectivity index is 2.64. The molecular weight excluding hydrogens is 216 g/mol. The maximum absolute atomic E-state index is 5.38. The minimum Gasteiger partial charge on any atom is -0.383 e. The van der Waals surface area contributed by atoms with Crippen molar-refractivity contribution in [2.24, 2.45) is 5.84 Å². The molecular formula is C12H22N4O. The van der Waals surface area contributed by atoms with Crippen LogP contribution in [0.25, 0.3) is 0 Å². The molecule has 0 aliphatic rings. The number of aromatic nitrogens is 1. The fourth-order valence-electron chi connectivity index (χ4n) is 1.59. The number of nitrogen functional groups attached to an aromatic ring is 1. The van der Waals surface area contributed by atoms with Gasteiger partial charge < -0.3 is 10.2 Å². The molecule has 0 spiro atoms. The number of methoxy groups -OCH3 is 1. The van der Waals surface area contributed by atoms with Gasteiger partial charge in [0.15, 0.2) is 0 Å². The lowest BCUT2D eigenvalue weighted by Crippen LogP contribution is -2.33. The van der Waals surface area contributed by atoms with E-state index in [1.807, 2.05) is 12.1 Å². The molecule has 0 amide bonds. The van der Waals surface area contributed by atoms with Crippen molar-refractivity contribution in [3.05, 3.63) is 24.0 Å². The van der Waals surface area contributed by atoms with E-state index in [4.69, 9.17) is 10.6 Å². The van der Waals surface area contributed by atoms with E-state index in [9.17, 15) is 0 Å². The lowest BCUT2D eigenvalue weighted by atomic mass is 10.2. The number of nitrogens with zero attached hydrogens (tertiary/aromatic N) is 2. The summed E-state index contributed by atoms with van der Waals surface area (Å²) in [5.41, 5.74) is 4.51. The van der Waals surface area contributed by atoms with Crippen molar-refractivity contribution in [1.29, 1.82) is 0 Å². The summed E-state index contributed by atoms with van der Waals surface area (Å²) < 4.78 is 5.11. The van der Waals surface area contributed by atoms with Crippen LogP contribution in [-0.4, -0.2) is 36.2 Å². The Labute approximate surface area is 103 Å². The Morgan fingerprint density at radius 3 is 2.88 bits per heavy atom. The number of anilines is 1. The summed E-state index contributed by atoms with van der Waals surface area (Å²) in [6.07, 6.45) is 1.76. The largest absolute Gasteiger partial charge is 0.383 e. The van der Waals surface area contributed by atoms with Gasteiger partial charge in [-0.3, -0.25) is 15.7 Å². The lowest BCUT2D eigenvalue weighted by Gasteiger charge is -2.25. The Hall–Kier alpha value is -1.17. The van der Waals surface area contributed by atoms with E-state index in [1.165, 1.54) is 0 Å². The second kappa shape index (κ2) is 7.21. The standard InChI is InChI=1S/C12H22N4O/c1-10(2)16(6-7-17-3)9-12-8-11(15-13)4-5-14-12/h4-5,8,10H,6-7,9,13H2,1-3H3,(H,14,15). The number of hydrogen-bond acceptors (Lipinski definition) is 5. The molecule has 5 nitrogen and oxygen atoms in total. The second-order valence-corrected chi connectivity index (χ2v) is 4.24. The molecule has 1 aromatic heterocycles. The van der Waals surface area contributed by atoms with Gasteiger partial charge in [-0.1, -0.05) is 0 Å². The molecule has 0 atom stereocenters. The third-order valence-electron chi connectivity index (χ3n) is 2.66. The Morgan fingerprint density at radius 1 is 1.53 bits per heavy atom. The molecule has 5 heteroatoms. The topological polar surface area (TPSA) is 63.4 Å². The van der Waals surface area contributed by atoms with Crippen LogP contribution in [0.4, 0.5) is 5.69 Å². The summed E-state index contributed by atoms with van der Waals surface area (Å²) in [6.45, 7) is 6.76. The van der Waals surface area contributed by atoms with Crippen molar-refractivity contribution in [2.45, 2.75) is 26.4 Å². The van der Waals surface area contributed by atoms with Crippen LogP contribution >= 0.6 is 0 Å². The molecule has 0 bridgehead atoms. The van der Waals surface area contributed by atoms with Crippen molar-refractivity contribution in [2.75, 3.05) is 25.7 Å². The number of hydrogen-bond donors (Lipinski definition) is 2. The zero-order valence-electron chi connectivity index (χ0n) is 10.8. The molecule has 17 heavy (non-hydrogen) atoms. The van der Waals surface area contributed by atoms with Crippen molar-refractivity contribution in [1.82, 2.24) is 9.88 Å². The fourth-order valence-corrected chi connectivity index (χ4v) is 1.59. The molecule has 1 aromatic rings. The molecule has 0 aromatic carbocycles.